The molecule has 0 aromatic rings. The van der Waals surface area contributed by atoms with Crippen LogP contribution in [0.2, 0.25) is 0 Å². The fraction of sp³-hybridized carbons (Fsp3) is 1.00. The number of likely N-dealkylation sites (N-methyl/N-ethyl adjacent to an activating group) is 1. The van der Waals surface area contributed by atoms with Gasteiger partial charge >= 0.3 is 0 Å². The molecule has 2 rings (SSSR count). The van der Waals surface area contributed by atoms with Crippen molar-refractivity contribution < 1.29 is 5.11 Å². The van der Waals surface area contributed by atoms with Crippen molar-refractivity contribution in [1.29, 1.82) is 0 Å². The fourth-order valence-electron chi connectivity index (χ4n) is 2.36. The van der Waals surface area contributed by atoms with Gasteiger partial charge in [0.1, 0.15) is 0 Å². The molecule has 3 nitrogen and oxygen atoms in total. The van der Waals surface area contributed by atoms with Crippen molar-refractivity contribution >= 4 is 0 Å². The summed E-state index contributed by atoms with van der Waals surface area (Å²) in [6, 6.07) is 1.78. The normalized spacial score (nSPS) is 37.1. The van der Waals surface area contributed by atoms with Gasteiger partial charge in [0.15, 0.2) is 0 Å². The second-order valence-corrected chi connectivity index (χ2v) is 4.87. The van der Waals surface area contributed by atoms with E-state index in [0.717, 1.165) is 12.6 Å². The van der Waals surface area contributed by atoms with E-state index in [9.17, 15) is 5.11 Å². The zero-order valence-electron chi connectivity index (χ0n) is 9.32. The average molecular weight is 198 g/mol. The summed E-state index contributed by atoms with van der Waals surface area (Å²) in [6.45, 7) is 4.83. The molecule has 0 bridgehead atoms. The lowest BCUT2D eigenvalue weighted by Gasteiger charge is -2.30. The molecule has 0 aromatic heterocycles. The van der Waals surface area contributed by atoms with Crippen LogP contribution in [0, 0.1) is 0 Å². The molecule has 0 amide bonds. The first-order chi connectivity index (χ1) is 6.72. The van der Waals surface area contributed by atoms with Gasteiger partial charge in [-0.2, -0.15) is 0 Å². The molecule has 1 N–H and O–H groups in total. The second-order valence-electron chi connectivity index (χ2n) is 4.87. The minimum Gasteiger partial charge on any atom is -0.395 e. The highest BCUT2D eigenvalue weighted by Crippen LogP contribution is 2.29. The molecular weight excluding hydrogens is 176 g/mol. The lowest BCUT2D eigenvalue weighted by Crippen LogP contribution is -2.44. The molecule has 2 unspecified atom stereocenters. The lowest BCUT2D eigenvalue weighted by molar-refractivity contribution is 0.108. The van der Waals surface area contributed by atoms with E-state index in [1.165, 1.54) is 25.8 Å². The Hall–Kier alpha value is -0.120. The van der Waals surface area contributed by atoms with Gasteiger partial charge < -0.3 is 5.11 Å². The summed E-state index contributed by atoms with van der Waals surface area (Å²) >= 11 is 0. The smallest absolute Gasteiger partial charge is 0.0599 e. The molecule has 0 spiro atoms. The largest absolute Gasteiger partial charge is 0.395 e. The van der Waals surface area contributed by atoms with Crippen LogP contribution in [0.25, 0.3) is 0 Å². The first kappa shape index (κ1) is 10.4. The zero-order chi connectivity index (χ0) is 10.1. The molecule has 1 saturated heterocycles. The third-order valence-corrected chi connectivity index (χ3v) is 3.82. The van der Waals surface area contributed by atoms with Crippen LogP contribution >= 0.6 is 0 Å². The van der Waals surface area contributed by atoms with E-state index in [1.807, 2.05) is 0 Å². The molecule has 82 valence electrons. The van der Waals surface area contributed by atoms with E-state index in [-0.39, 0.29) is 0 Å². The van der Waals surface area contributed by atoms with Crippen molar-refractivity contribution in [3.8, 4) is 0 Å². The standard InChI is InChI=1S/C11H22N2O/c1-9-5-6-13(10-3-4-10)7-11(8-14)12(9)2/h9-11,14H,3-8H2,1-2H3. The lowest BCUT2D eigenvalue weighted by atomic mass is 10.2. The monoisotopic (exact) mass is 198 g/mol. The molecule has 14 heavy (non-hydrogen) atoms. The van der Waals surface area contributed by atoms with Gasteiger partial charge in [0, 0.05) is 24.7 Å². The molecular formula is C11H22N2O. The van der Waals surface area contributed by atoms with Gasteiger partial charge in [0.25, 0.3) is 0 Å². The number of rotatable bonds is 2. The molecule has 0 radical (unpaired) electrons. The Morgan fingerprint density at radius 2 is 2.00 bits per heavy atom. The van der Waals surface area contributed by atoms with Crippen molar-refractivity contribution in [3.63, 3.8) is 0 Å². The third kappa shape index (κ3) is 2.10. The van der Waals surface area contributed by atoms with Crippen molar-refractivity contribution in [2.75, 3.05) is 26.7 Å². The highest BCUT2D eigenvalue weighted by Gasteiger charge is 2.34. The van der Waals surface area contributed by atoms with E-state index < -0.39 is 0 Å². The van der Waals surface area contributed by atoms with Crippen LogP contribution in [0.5, 0.6) is 0 Å². The summed E-state index contributed by atoms with van der Waals surface area (Å²) in [5.74, 6) is 0. The Labute approximate surface area is 86.7 Å². The van der Waals surface area contributed by atoms with Crippen LogP contribution in [-0.2, 0) is 0 Å². The zero-order valence-corrected chi connectivity index (χ0v) is 9.32. The molecule has 2 aliphatic rings. The van der Waals surface area contributed by atoms with Crippen molar-refractivity contribution in [2.24, 2.45) is 0 Å². The summed E-state index contributed by atoms with van der Waals surface area (Å²) in [7, 11) is 2.14. The Morgan fingerprint density at radius 1 is 1.29 bits per heavy atom. The minimum absolute atomic E-state index is 0.296. The Kier molecular flexibility index (Phi) is 3.10. The Balaban J connectivity index is 1.99. The van der Waals surface area contributed by atoms with Crippen LogP contribution in [0.3, 0.4) is 0 Å². The Bertz CT molecular complexity index is 194. The molecule has 2 fully saturated rings. The van der Waals surface area contributed by atoms with Gasteiger partial charge in [-0.25, -0.2) is 0 Å². The van der Waals surface area contributed by atoms with Gasteiger partial charge in [-0.3, -0.25) is 9.80 Å². The molecule has 3 heteroatoms. The summed E-state index contributed by atoms with van der Waals surface area (Å²) in [6.07, 6.45) is 3.98. The fourth-order valence-corrected chi connectivity index (χ4v) is 2.36. The Morgan fingerprint density at radius 3 is 2.57 bits per heavy atom. The van der Waals surface area contributed by atoms with Gasteiger partial charge in [-0.15, -0.1) is 0 Å². The van der Waals surface area contributed by atoms with Gasteiger partial charge in [0.2, 0.25) is 0 Å². The highest BCUT2D eigenvalue weighted by molar-refractivity contribution is 4.90. The molecule has 1 saturated carbocycles. The van der Waals surface area contributed by atoms with E-state index in [1.54, 1.807) is 0 Å². The van der Waals surface area contributed by atoms with Gasteiger partial charge in [-0.1, -0.05) is 0 Å². The average Bonchev–Trinajstić information content (AvgIpc) is 2.99. The minimum atomic E-state index is 0.296. The quantitative estimate of drug-likeness (QED) is 0.701. The number of aliphatic hydroxyl groups excluding tert-OH is 1. The van der Waals surface area contributed by atoms with E-state index in [4.69, 9.17) is 0 Å². The van der Waals surface area contributed by atoms with Crippen LogP contribution < -0.4 is 0 Å². The SMILES string of the molecule is CC1CCN(C2CC2)CC(CO)N1C. The summed E-state index contributed by atoms with van der Waals surface area (Å²) in [5, 5.41) is 9.36. The summed E-state index contributed by atoms with van der Waals surface area (Å²) < 4.78 is 0. The molecule has 1 aliphatic heterocycles. The predicted molar refractivity (Wildman–Crippen MR) is 57.3 cm³/mol. The van der Waals surface area contributed by atoms with E-state index in [2.05, 4.69) is 23.8 Å². The van der Waals surface area contributed by atoms with Crippen molar-refractivity contribution in [3.05, 3.63) is 0 Å². The highest BCUT2D eigenvalue weighted by atomic mass is 16.3. The van der Waals surface area contributed by atoms with Crippen LogP contribution in [0.1, 0.15) is 26.2 Å². The van der Waals surface area contributed by atoms with E-state index >= 15 is 0 Å². The van der Waals surface area contributed by atoms with Crippen molar-refractivity contribution in [2.45, 2.75) is 44.3 Å². The topological polar surface area (TPSA) is 26.7 Å². The van der Waals surface area contributed by atoms with Crippen LogP contribution in [0.4, 0.5) is 0 Å². The van der Waals surface area contributed by atoms with E-state index in [0.29, 0.717) is 18.7 Å². The molecule has 0 aromatic carbocycles. The first-order valence-corrected chi connectivity index (χ1v) is 5.79. The molecule has 1 heterocycles. The number of hydrogen-bond acceptors (Lipinski definition) is 3. The molecule has 2 atom stereocenters. The van der Waals surface area contributed by atoms with Crippen molar-refractivity contribution in [1.82, 2.24) is 9.80 Å². The number of nitrogens with zero attached hydrogens (tertiary/aromatic N) is 2. The maximum atomic E-state index is 9.36. The predicted octanol–water partition coefficient (Wildman–Crippen LogP) is 0.536. The van der Waals surface area contributed by atoms with Gasteiger partial charge in [-0.05, 0) is 39.8 Å². The third-order valence-electron chi connectivity index (χ3n) is 3.82. The van der Waals surface area contributed by atoms with Gasteiger partial charge in [0.05, 0.1) is 6.61 Å². The van der Waals surface area contributed by atoms with Crippen LogP contribution in [-0.4, -0.2) is 59.8 Å². The van der Waals surface area contributed by atoms with Crippen LogP contribution in [0.15, 0.2) is 0 Å². The summed E-state index contributed by atoms with van der Waals surface area (Å²) in [5.41, 5.74) is 0. The molecule has 1 aliphatic carbocycles. The maximum Gasteiger partial charge on any atom is 0.0599 e. The first-order valence-electron chi connectivity index (χ1n) is 5.79. The second kappa shape index (κ2) is 4.17. The number of aliphatic hydroxyl groups is 1. The summed E-state index contributed by atoms with van der Waals surface area (Å²) in [4.78, 5) is 4.91. The number of hydrogen-bond donors (Lipinski definition) is 1. The maximum absolute atomic E-state index is 9.36.